The first kappa shape index (κ1) is 13.7. The molecule has 9 nitrogen and oxygen atoms in total. The number of carbonyl (C=O) groups is 1. The number of aromatic nitrogens is 2. The molecule has 0 atom stereocenters. The van der Waals surface area contributed by atoms with Crippen molar-refractivity contribution in [1.29, 1.82) is 0 Å². The van der Waals surface area contributed by atoms with Crippen LogP contribution in [0.5, 0.6) is 0 Å². The molecule has 0 fully saturated rings. The Balaban J connectivity index is 2.39. The lowest BCUT2D eigenvalue weighted by Crippen LogP contribution is -2.11. The molecule has 0 aliphatic rings. The summed E-state index contributed by atoms with van der Waals surface area (Å²) in [5.74, 6) is -1.01. The molecule has 0 aliphatic heterocycles. The minimum absolute atomic E-state index is 0.113. The van der Waals surface area contributed by atoms with Gasteiger partial charge in [-0.15, -0.1) is 0 Å². The summed E-state index contributed by atoms with van der Waals surface area (Å²) in [5, 5.41) is 14.7. The average Bonchev–Trinajstić information content (AvgIpc) is 3.02. The largest absolute Gasteiger partial charge is 0.433 e. The van der Waals surface area contributed by atoms with Gasteiger partial charge in [-0.05, 0) is 6.07 Å². The number of carbonyl (C=O) groups excluding carboxylic acids is 1. The standard InChI is InChI=1S/C11H12N4O5/c1-19-5-4-14-6-7(11(12)16)10(13-14)8-2-3-9(20-8)15(17)18/h2-3,6H,4-5H2,1H3,(H2,12,16). The SMILES string of the molecule is COCCn1cc(C(N)=O)c(-c2ccc([N+](=O)[O-])o2)n1. The number of rotatable bonds is 6. The van der Waals surface area contributed by atoms with Gasteiger partial charge in [-0.3, -0.25) is 19.6 Å². The molecule has 2 aromatic heterocycles. The highest BCUT2D eigenvalue weighted by atomic mass is 16.6. The molecule has 20 heavy (non-hydrogen) atoms. The Labute approximate surface area is 113 Å². The zero-order valence-electron chi connectivity index (χ0n) is 10.6. The van der Waals surface area contributed by atoms with Crippen LogP contribution in [-0.2, 0) is 11.3 Å². The van der Waals surface area contributed by atoms with E-state index in [2.05, 4.69) is 5.10 Å². The number of hydrogen-bond donors (Lipinski definition) is 1. The van der Waals surface area contributed by atoms with Crippen molar-refractivity contribution in [3.8, 4) is 11.5 Å². The molecule has 2 aromatic rings. The van der Waals surface area contributed by atoms with Crippen LogP contribution < -0.4 is 5.73 Å². The van der Waals surface area contributed by atoms with Gasteiger partial charge in [-0.25, -0.2) is 0 Å². The molecule has 0 bridgehead atoms. The van der Waals surface area contributed by atoms with Gasteiger partial charge in [0, 0.05) is 13.3 Å². The third-order valence-electron chi connectivity index (χ3n) is 2.56. The predicted molar refractivity (Wildman–Crippen MR) is 67.0 cm³/mol. The number of primary amides is 1. The summed E-state index contributed by atoms with van der Waals surface area (Å²) in [4.78, 5) is 21.3. The number of nitro groups is 1. The van der Waals surface area contributed by atoms with E-state index in [-0.39, 0.29) is 17.0 Å². The van der Waals surface area contributed by atoms with E-state index in [4.69, 9.17) is 14.9 Å². The Morgan fingerprint density at radius 2 is 2.35 bits per heavy atom. The van der Waals surface area contributed by atoms with Gasteiger partial charge >= 0.3 is 5.88 Å². The van der Waals surface area contributed by atoms with Crippen LogP contribution in [0.3, 0.4) is 0 Å². The molecule has 0 saturated heterocycles. The van der Waals surface area contributed by atoms with Crippen molar-refractivity contribution in [3.05, 3.63) is 34.0 Å². The van der Waals surface area contributed by atoms with Gasteiger partial charge in [0.2, 0.25) is 0 Å². The monoisotopic (exact) mass is 280 g/mol. The van der Waals surface area contributed by atoms with Gasteiger partial charge in [-0.1, -0.05) is 0 Å². The molecule has 0 unspecified atom stereocenters. The third kappa shape index (κ3) is 2.67. The molecule has 0 spiro atoms. The Morgan fingerprint density at radius 1 is 1.60 bits per heavy atom. The van der Waals surface area contributed by atoms with Gasteiger partial charge < -0.3 is 14.9 Å². The highest BCUT2D eigenvalue weighted by molar-refractivity contribution is 5.98. The fourth-order valence-electron chi connectivity index (χ4n) is 1.64. The van der Waals surface area contributed by atoms with E-state index in [0.717, 1.165) is 0 Å². The molecule has 2 heterocycles. The van der Waals surface area contributed by atoms with Crippen LogP contribution >= 0.6 is 0 Å². The highest BCUT2D eigenvalue weighted by Gasteiger charge is 2.21. The quantitative estimate of drug-likeness (QED) is 0.615. The fourth-order valence-corrected chi connectivity index (χ4v) is 1.64. The molecule has 9 heteroatoms. The lowest BCUT2D eigenvalue weighted by molar-refractivity contribution is -0.401. The lowest BCUT2D eigenvalue weighted by Gasteiger charge is -1.98. The van der Waals surface area contributed by atoms with E-state index < -0.39 is 16.7 Å². The summed E-state index contributed by atoms with van der Waals surface area (Å²) in [7, 11) is 1.54. The number of methoxy groups -OCH3 is 1. The second kappa shape index (κ2) is 5.53. The maximum atomic E-state index is 11.4. The second-order valence-electron chi connectivity index (χ2n) is 3.91. The van der Waals surface area contributed by atoms with Crippen molar-refractivity contribution >= 4 is 11.8 Å². The molecule has 2 rings (SSSR count). The van der Waals surface area contributed by atoms with Crippen molar-refractivity contribution in [3.63, 3.8) is 0 Å². The molecule has 0 aliphatic carbocycles. The molecule has 0 aromatic carbocycles. The van der Waals surface area contributed by atoms with Crippen LogP contribution in [0, 0.1) is 10.1 Å². The van der Waals surface area contributed by atoms with E-state index in [1.54, 1.807) is 0 Å². The molecule has 0 saturated carbocycles. The van der Waals surface area contributed by atoms with E-state index in [0.29, 0.717) is 13.2 Å². The topological polar surface area (TPSA) is 126 Å². The van der Waals surface area contributed by atoms with Crippen LogP contribution in [0.4, 0.5) is 5.88 Å². The Bertz CT molecular complexity index is 645. The van der Waals surface area contributed by atoms with E-state index in [1.165, 1.54) is 30.1 Å². The minimum Gasteiger partial charge on any atom is -0.399 e. The van der Waals surface area contributed by atoms with Crippen molar-refractivity contribution < 1.29 is 18.9 Å². The average molecular weight is 280 g/mol. The van der Waals surface area contributed by atoms with Crippen molar-refractivity contribution in [2.45, 2.75) is 6.54 Å². The zero-order valence-corrected chi connectivity index (χ0v) is 10.6. The normalized spacial score (nSPS) is 10.7. The summed E-state index contributed by atoms with van der Waals surface area (Å²) in [5.41, 5.74) is 5.56. The van der Waals surface area contributed by atoms with Gasteiger partial charge in [0.25, 0.3) is 5.91 Å². The molecular weight excluding hydrogens is 268 g/mol. The molecule has 2 N–H and O–H groups in total. The maximum Gasteiger partial charge on any atom is 0.433 e. The number of amides is 1. The summed E-state index contributed by atoms with van der Waals surface area (Å²) >= 11 is 0. The zero-order chi connectivity index (χ0) is 14.7. The number of nitrogens with zero attached hydrogens (tertiary/aromatic N) is 3. The smallest absolute Gasteiger partial charge is 0.399 e. The van der Waals surface area contributed by atoms with Crippen LogP contribution in [0.25, 0.3) is 11.5 Å². The van der Waals surface area contributed by atoms with E-state index in [1.807, 2.05) is 0 Å². The number of nitrogens with two attached hydrogens (primary N) is 1. The highest BCUT2D eigenvalue weighted by Crippen LogP contribution is 2.27. The van der Waals surface area contributed by atoms with Crippen LogP contribution in [0.15, 0.2) is 22.7 Å². The Morgan fingerprint density at radius 3 is 2.90 bits per heavy atom. The number of hydrogen-bond acceptors (Lipinski definition) is 6. The van der Waals surface area contributed by atoms with Crippen LogP contribution in [0.1, 0.15) is 10.4 Å². The first-order valence-corrected chi connectivity index (χ1v) is 5.63. The summed E-state index contributed by atoms with van der Waals surface area (Å²) in [6.45, 7) is 0.817. The van der Waals surface area contributed by atoms with Gasteiger partial charge in [-0.2, -0.15) is 5.10 Å². The molecule has 106 valence electrons. The maximum absolute atomic E-state index is 11.4. The third-order valence-corrected chi connectivity index (χ3v) is 2.56. The van der Waals surface area contributed by atoms with Crippen molar-refractivity contribution in [1.82, 2.24) is 9.78 Å². The van der Waals surface area contributed by atoms with Crippen molar-refractivity contribution in [2.24, 2.45) is 5.73 Å². The second-order valence-corrected chi connectivity index (χ2v) is 3.91. The summed E-state index contributed by atoms with van der Waals surface area (Å²) < 4.78 is 11.4. The van der Waals surface area contributed by atoms with E-state index in [9.17, 15) is 14.9 Å². The van der Waals surface area contributed by atoms with Crippen LogP contribution in [0.2, 0.25) is 0 Å². The minimum atomic E-state index is -0.692. The number of furan rings is 1. The van der Waals surface area contributed by atoms with Gasteiger partial charge in [0.05, 0.1) is 24.8 Å². The fraction of sp³-hybridized carbons (Fsp3) is 0.273. The van der Waals surface area contributed by atoms with E-state index >= 15 is 0 Å². The lowest BCUT2D eigenvalue weighted by atomic mass is 10.2. The first-order chi connectivity index (χ1) is 9.52. The summed E-state index contributed by atoms with van der Waals surface area (Å²) in [6, 6.07) is 2.56. The summed E-state index contributed by atoms with van der Waals surface area (Å²) in [6.07, 6.45) is 1.45. The molecule has 1 amide bonds. The van der Waals surface area contributed by atoms with Crippen LogP contribution in [-0.4, -0.2) is 34.3 Å². The van der Waals surface area contributed by atoms with Gasteiger partial charge in [0.15, 0.2) is 5.76 Å². The Kier molecular flexibility index (Phi) is 3.80. The van der Waals surface area contributed by atoms with Crippen molar-refractivity contribution in [2.75, 3.05) is 13.7 Å². The predicted octanol–water partition coefficient (Wildman–Crippen LogP) is 0.797. The molecule has 0 radical (unpaired) electrons. The first-order valence-electron chi connectivity index (χ1n) is 5.63. The Hall–Kier alpha value is -2.68. The van der Waals surface area contributed by atoms with Gasteiger partial charge in [0.1, 0.15) is 10.6 Å². The number of ether oxygens (including phenoxy) is 1. The molecular formula is C11H12N4O5.